The molecule has 0 aromatic heterocycles. The van der Waals surface area contributed by atoms with Crippen molar-refractivity contribution >= 4 is 6.03 Å². The van der Waals surface area contributed by atoms with Crippen molar-refractivity contribution in [1.82, 2.24) is 10.3 Å². The van der Waals surface area contributed by atoms with Gasteiger partial charge in [0.25, 0.3) is 0 Å². The number of nitrogens with one attached hydrogen (secondary N) is 1. The second-order valence-electron chi connectivity index (χ2n) is 4.30. The molecule has 0 radical (unpaired) electrons. The molecule has 4 nitrogen and oxygen atoms in total. The molecule has 1 rings (SSSR count). The van der Waals surface area contributed by atoms with E-state index >= 15 is 0 Å². The van der Waals surface area contributed by atoms with Crippen molar-refractivity contribution in [1.29, 1.82) is 0 Å². The van der Waals surface area contributed by atoms with Crippen LogP contribution < -0.4 is 11.2 Å². The number of nitrogens with two attached hydrogens (primary N) is 1. The predicted molar refractivity (Wildman–Crippen MR) is 51.9 cm³/mol. The lowest BCUT2D eigenvalue weighted by Gasteiger charge is -2.33. The first-order valence-corrected chi connectivity index (χ1v) is 4.80. The molecule has 1 aliphatic rings. The molecule has 1 aliphatic heterocycles. The van der Waals surface area contributed by atoms with Crippen LogP contribution in [0.25, 0.3) is 0 Å². The van der Waals surface area contributed by atoms with Crippen molar-refractivity contribution in [3.63, 3.8) is 0 Å². The Bertz CT molecular complexity index is 205. The minimum Gasteiger partial charge on any atom is -0.331 e. The maximum absolute atomic E-state index is 11.4. The Hall–Kier alpha value is -0.770. The largest absolute Gasteiger partial charge is 0.331 e. The lowest BCUT2D eigenvalue weighted by atomic mass is 9.84. The summed E-state index contributed by atoms with van der Waals surface area (Å²) in [7, 11) is 0. The van der Waals surface area contributed by atoms with Crippen LogP contribution in [0.1, 0.15) is 33.6 Å². The van der Waals surface area contributed by atoms with Crippen LogP contribution in [0, 0.1) is 5.92 Å². The van der Waals surface area contributed by atoms with Crippen LogP contribution in [-0.4, -0.2) is 23.1 Å². The topological polar surface area (TPSA) is 58.4 Å². The van der Waals surface area contributed by atoms with Crippen LogP contribution in [0.5, 0.6) is 0 Å². The maximum Gasteiger partial charge on any atom is 0.331 e. The van der Waals surface area contributed by atoms with Crippen LogP contribution >= 0.6 is 0 Å². The molecule has 1 atom stereocenters. The van der Waals surface area contributed by atoms with Gasteiger partial charge in [-0.15, -0.1) is 0 Å². The van der Waals surface area contributed by atoms with Gasteiger partial charge in [-0.3, -0.25) is 5.01 Å². The fraction of sp³-hybridized carbons (Fsp3) is 0.889. The highest BCUT2D eigenvalue weighted by atomic mass is 16.2. The summed E-state index contributed by atoms with van der Waals surface area (Å²) in [6, 6.07) is -0.159. The van der Waals surface area contributed by atoms with Crippen molar-refractivity contribution < 1.29 is 4.79 Å². The third-order valence-corrected chi connectivity index (χ3v) is 3.02. The van der Waals surface area contributed by atoms with E-state index in [0.717, 1.165) is 12.8 Å². The molecule has 76 valence electrons. The summed E-state index contributed by atoms with van der Waals surface area (Å²) < 4.78 is 0. The minimum absolute atomic E-state index is 0.106. The average molecular weight is 185 g/mol. The van der Waals surface area contributed by atoms with Gasteiger partial charge < -0.3 is 5.32 Å². The second kappa shape index (κ2) is 3.54. The molecule has 0 aromatic carbocycles. The quantitative estimate of drug-likeness (QED) is 0.474. The van der Waals surface area contributed by atoms with Gasteiger partial charge in [0.1, 0.15) is 0 Å². The first kappa shape index (κ1) is 10.3. The van der Waals surface area contributed by atoms with Gasteiger partial charge in [0.15, 0.2) is 0 Å². The lowest BCUT2D eigenvalue weighted by Crippen LogP contribution is -2.53. The number of urea groups is 1. The first-order chi connectivity index (χ1) is 5.96. The summed E-state index contributed by atoms with van der Waals surface area (Å²) >= 11 is 0. The lowest BCUT2D eigenvalue weighted by molar-refractivity contribution is 0.188. The van der Waals surface area contributed by atoms with E-state index in [-0.39, 0.29) is 11.6 Å². The Balaban J connectivity index is 2.74. The van der Waals surface area contributed by atoms with E-state index in [1.165, 1.54) is 5.01 Å². The van der Waals surface area contributed by atoms with E-state index in [2.05, 4.69) is 26.1 Å². The van der Waals surface area contributed by atoms with Crippen molar-refractivity contribution in [3.05, 3.63) is 0 Å². The maximum atomic E-state index is 11.4. The molecule has 4 heteroatoms. The van der Waals surface area contributed by atoms with E-state index in [0.29, 0.717) is 12.5 Å². The summed E-state index contributed by atoms with van der Waals surface area (Å²) in [5.41, 5.74) is -0.106. The van der Waals surface area contributed by atoms with Gasteiger partial charge in [0.2, 0.25) is 0 Å². The molecular formula is C9H19N3O. The van der Waals surface area contributed by atoms with Gasteiger partial charge in [-0.2, -0.15) is 0 Å². The molecule has 2 amide bonds. The van der Waals surface area contributed by atoms with Crippen LogP contribution in [0.3, 0.4) is 0 Å². The van der Waals surface area contributed by atoms with E-state index in [4.69, 9.17) is 5.84 Å². The van der Waals surface area contributed by atoms with E-state index in [9.17, 15) is 4.79 Å². The van der Waals surface area contributed by atoms with Gasteiger partial charge in [-0.05, 0) is 25.7 Å². The van der Waals surface area contributed by atoms with Crippen molar-refractivity contribution in [3.8, 4) is 0 Å². The van der Waals surface area contributed by atoms with E-state index in [1.54, 1.807) is 0 Å². The van der Waals surface area contributed by atoms with Crippen molar-refractivity contribution in [2.24, 2.45) is 11.8 Å². The number of hydrazine groups is 1. The third-order valence-electron chi connectivity index (χ3n) is 3.02. The SMILES string of the molecule is CC(C)C1(C)CCCN(N)C(=O)N1. The Labute approximate surface area is 79.4 Å². The molecule has 0 bridgehead atoms. The number of hydrogen-bond donors (Lipinski definition) is 2. The number of carbonyl (C=O) groups excluding carboxylic acids is 1. The molecule has 1 unspecified atom stereocenters. The second-order valence-corrected chi connectivity index (χ2v) is 4.30. The number of carbonyl (C=O) groups is 1. The summed E-state index contributed by atoms with van der Waals surface area (Å²) in [4.78, 5) is 11.4. The van der Waals surface area contributed by atoms with Crippen molar-refractivity contribution in [2.45, 2.75) is 39.2 Å². The third kappa shape index (κ3) is 2.12. The zero-order valence-electron chi connectivity index (χ0n) is 8.63. The Morgan fingerprint density at radius 1 is 1.62 bits per heavy atom. The first-order valence-electron chi connectivity index (χ1n) is 4.80. The number of rotatable bonds is 1. The molecule has 0 saturated carbocycles. The van der Waals surface area contributed by atoms with Gasteiger partial charge in [0, 0.05) is 12.1 Å². The molecule has 0 aromatic rings. The molecule has 3 N–H and O–H groups in total. The highest BCUT2D eigenvalue weighted by molar-refractivity contribution is 5.74. The predicted octanol–water partition coefficient (Wildman–Crippen LogP) is 1.08. The standard InChI is InChI=1S/C9H19N3O/c1-7(2)9(3)5-4-6-12(10)8(13)11-9/h7H,4-6,10H2,1-3H3,(H,11,13). The molecule has 0 spiro atoms. The fourth-order valence-electron chi connectivity index (χ4n) is 1.53. The highest BCUT2D eigenvalue weighted by Gasteiger charge is 2.33. The summed E-state index contributed by atoms with van der Waals surface area (Å²) in [5, 5.41) is 4.22. The molecule has 1 saturated heterocycles. The van der Waals surface area contributed by atoms with Crippen LogP contribution in [0.15, 0.2) is 0 Å². The highest BCUT2D eigenvalue weighted by Crippen LogP contribution is 2.24. The normalized spacial score (nSPS) is 30.2. The van der Waals surface area contributed by atoms with Gasteiger partial charge in [-0.25, -0.2) is 10.6 Å². The number of hydrogen-bond acceptors (Lipinski definition) is 2. The molecule has 13 heavy (non-hydrogen) atoms. The molecule has 1 fully saturated rings. The number of amides is 2. The van der Waals surface area contributed by atoms with E-state index < -0.39 is 0 Å². The molecule has 0 aliphatic carbocycles. The Kier molecular flexibility index (Phi) is 2.81. The van der Waals surface area contributed by atoms with Gasteiger partial charge >= 0.3 is 6.03 Å². The van der Waals surface area contributed by atoms with Crippen molar-refractivity contribution in [2.75, 3.05) is 6.54 Å². The van der Waals surface area contributed by atoms with Crippen LogP contribution in [0.4, 0.5) is 4.79 Å². The van der Waals surface area contributed by atoms with Crippen LogP contribution in [-0.2, 0) is 0 Å². The molecular weight excluding hydrogens is 166 g/mol. The summed E-state index contributed by atoms with van der Waals surface area (Å²) in [6.45, 7) is 6.96. The Morgan fingerprint density at radius 2 is 2.23 bits per heavy atom. The van der Waals surface area contributed by atoms with E-state index in [1.807, 2.05) is 0 Å². The zero-order chi connectivity index (χ0) is 10.1. The zero-order valence-corrected chi connectivity index (χ0v) is 8.63. The number of nitrogens with zero attached hydrogens (tertiary/aromatic N) is 1. The summed E-state index contributed by atoms with van der Waals surface area (Å²) in [5.74, 6) is 5.95. The minimum atomic E-state index is -0.159. The summed E-state index contributed by atoms with van der Waals surface area (Å²) in [6.07, 6.45) is 1.95. The fourth-order valence-corrected chi connectivity index (χ4v) is 1.53. The van der Waals surface area contributed by atoms with Crippen LogP contribution in [0.2, 0.25) is 0 Å². The smallest absolute Gasteiger partial charge is 0.331 e. The monoisotopic (exact) mass is 185 g/mol. The van der Waals surface area contributed by atoms with Gasteiger partial charge in [0.05, 0.1) is 0 Å². The molecule has 1 heterocycles. The van der Waals surface area contributed by atoms with Gasteiger partial charge in [-0.1, -0.05) is 13.8 Å². The average Bonchev–Trinajstić information content (AvgIpc) is 2.14. The Morgan fingerprint density at radius 3 is 2.77 bits per heavy atom.